The van der Waals surface area contributed by atoms with Crippen molar-refractivity contribution in [2.45, 2.75) is 25.6 Å². The summed E-state index contributed by atoms with van der Waals surface area (Å²) in [6.45, 7) is 4.26. The first-order valence-electron chi connectivity index (χ1n) is 5.08. The minimum absolute atomic E-state index is 0.186. The highest BCUT2D eigenvalue weighted by molar-refractivity contribution is 9.10. The van der Waals surface area contributed by atoms with E-state index in [1.165, 1.54) is 0 Å². The maximum absolute atomic E-state index is 11.4. The summed E-state index contributed by atoms with van der Waals surface area (Å²) >= 11 is 6.94. The zero-order valence-electron chi connectivity index (χ0n) is 9.35. The molecule has 16 heavy (non-hydrogen) atoms. The highest BCUT2D eigenvalue weighted by Gasteiger charge is 2.11. The Hall–Kier alpha value is -0.350. The molecule has 0 atom stereocenters. The van der Waals surface area contributed by atoms with Crippen LogP contribution in [0.25, 0.3) is 0 Å². The Morgan fingerprint density at radius 1 is 1.38 bits per heavy atom. The topological polar surface area (TPSA) is 26.3 Å². The van der Waals surface area contributed by atoms with Gasteiger partial charge in [0, 0.05) is 9.80 Å². The number of hydrogen-bond donors (Lipinski definition) is 0. The first kappa shape index (κ1) is 13.7. The molecule has 0 heterocycles. The summed E-state index contributed by atoms with van der Waals surface area (Å²) in [4.78, 5) is 11.4. The van der Waals surface area contributed by atoms with Crippen LogP contribution in [0.1, 0.15) is 23.6 Å². The van der Waals surface area contributed by atoms with E-state index in [1.807, 2.05) is 19.9 Å². The van der Waals surface area contributed by atoms with Gasteiger partial charge in [0.2, 0.25) is 0 Å². The molecule has 0 bridgehead atoms. The van der Waals surface area contributed by atoms with E-state index in [4.69, 9.17) is 4.74 Å². The summed E-state index contributed by atoms with van der Waals surface area (Å²) in [5.74, 6) is -0.186. The van der Waals surface area contributed by atoms with Gasteiger partial charge in [0.25, 0.3) is 0 Å². The van der Waals surface area contributed by atoms with Crippen molar-refractivity contribution in [3.63, 3.8) is 0 Å². The maximum atomic E-state index is 11.4. The number of hydrogen-bond acceptors (Lipinski definition) is 2. The highest BCUT2D eigenvalue weighted by Crippen LogP contribution is 2.26. The van der Waals surface area contributed by atoms with Crippen molar-refractivity contribution >= 4 is 37.8 Å². The Balaban J connectivity index is 2.95. The zero-order chi connectivity index (χ0) is 12.1. The molecular weight excluding hydrogens is 336 g/mol. The van der Waals surface area contributed by atoms with Crippen LogP contribution in [0.15, 0.2) is 16.6 Å². The molecule has 0 aliphatic heterocycles. The van der Waals surface area contributed by atoms with E-state index < -0.39 is 0 Å². The third-order valence-electron chi connectivity index (χ3n) is 2.15. The summed E-state index contributed by atoms with van der Waals surface area (Å²) in [5.41, 5.74) is 3.28. The normalized spacial score (nSPS) is 10.2. The molecule has 0 radical (unpaired) electrons. The van der Waals surface area contributed by atoms with Gasteiger partial charge < -0.3 is 4.74 Å². The van der Waals surface area contributed by atoms with Gasteiger partial charge in [-0.15, -0.1) is 0 Å². The highest BCUT2D eigenvalue weighted by atomic mass is 79.9. The van der Waals surface area contributed by atoms with Gasteiger partial charge in [-0.1, -0.05) is 49.6 Å². The van der Waals surface area contributed by atoms with E-state index in [0.717, 1.165) is 26.5 Å². The number of ether oxygens (including phenoxy) is 1. The number of rotatable bonds is 4. The van der Waals surface area contributed by atoms with E-state index >= 15 is 0 Å². The van der Waals surface area contributed by atoms with Crippen molar-refractivity contribution in [3.8, 4) is 0 Å². The van der Waals surface area contributed by atoms with Crippen molar-refractivity contribution in [2.75, 3.05) is 6.61 Å². The largest absolute Gasteiger partial charge is 0.466 e. The summed E-state index contributed by atoms with van der Waals surface area (Å²) in [6, 6.07) is 4.10. The second-order valence-corrected chi connectivity index (χ2v) is 4.87. The third-order valence-corrected chi connectivity index (χ3v) is 3.77. The number of aryl methyl sites for hydroxylation is 1. The molecule has 4 heteroatoms. The molecule has 1 aromatic rings. The number of carbonyl (C=O) groups is 1. The molecule has 1 aromatic carbocycles. The number of benzene rings is 1. The van der Waals surface area contributed by atoms with E-state index in [1.54, 1.807) is 0 Å². The molecule has 0 aliphatic rings. The van der Waals surface area contributed by atoms with Crippen LogP contribution >= 0.6 is 31.9 Å². The molecule has 0 fully saturated rings. The first-order chi connectivity index (χ1) is 7.58. The molecule has 0 amide bonds. The summed E-state index contributed by atoms with van der Waals surface area (Å²) in [5, 5.41) is 0.769. The van der Waals surface area contributed by atoms with Crippen LogP contribution in [0.2, 0.25) is 0 Å². The minimum atomic E-state index is -0.186. The quantitative estimate of drug-likeness (QED) is 0.611. The van der Waals surface area contributed by atoms with Crippen LogP contribution in [0.3, 0.4) is 0 Å². The van der Waals surface area contributed by atoms with E-state index in [9.17, 15) is 4.79 Å². The summed E-state index contributed by atoms with van der Waals surface area (Å²) in [6.07, 6.45) is 0.316. The van der Waals surface area contributed by atoms with Crippen LogP contribution in [0.4, 0.5) is 0 Å². The van der Waals surface area contributed by atoms with Crippen LogP contribution < -0.4 is 0 Å². The molecule has 0 aromatic heterocycles. The van der Waals surface area contributed by atoms with Gasteiger partial charge in [0.05, 0.1) is 13.0 Å². The van der Waals surface area contributed by atoms with Gasteiger partial charge in [-0.2, -0.15) is 0 Å². The third kappa shape index (κ3) is 3.59. The summed E-state index contributed by atoms with van der Waals surface area (Å²) in [7, 11) is 0. The smallest absolute Gasteiger partial charge is 0.310 e. The molecule has 88 valence electrons. The fraction of sp³-hybridized carbons (Fsp3) is 0.417. The van der Waals surface area contributed by atoms with E-state index in [2.05, 4.69) is 37.9 Å². The number of carbonyl (C=O) groups excluding carboxylic acids is 1. The number of esters is 1. The van der Waals surface area contributed by atoms with Gasteiger partial charge in [0.1, 0.15) is 0 Å². The lowest BCUT2D eigenvalue weighted by atomic mass is 10.1. The Labute approximate surface area is 113 Å². The zero-order valence-corrected chi connectivity index (χ0v) is 12.5. The Morgan fingerprint density at radius 2 is 2.00 bits per heavy atom. The molecule has 0 N–H and O–H groups in total. The Kier molecular flexibility index (Phi) is 5.49. The average Bonchev–Trinajstić information content (AvgIpc) is 2.23. The maximum Gasteiger partial charge on any atom is 0.310 e. The molecule has 0 saturated heterocycles. The predicted octanol–water partition coefficient (Wildman–Crippen LogP) is 3.76. The van der Waals surface area contributed by atoms with Crippen LogP contribution in [0.5, 0.6) is 0 Å². The predicted molar refractivity (Wildman–Crippen MR) is 71.8 cm³/mol. The van der Waals surface area contributed by atoms with Crippen LogP contribution in [-0.2, 0) is 21.3 Å². The van der Waals surface area contributed by atoms with Crippen molar-refractivity contribution in [1.29, 1.82) is 0 Å². The monoisotopic (exact) mass is 348 g/mol. The van der Waals surface area contributed by atoms with Gasteiger partial charge in [-0.05, 0) is 25.0 Å². The van der Waals surface area contributed by atoms with Gasteiger partial charge in [-0.3, -0.25) is 4.79 Å². The Bertz CT molecular complexity index is 389. The van der Waals surface area contributed by atoms with Crippen molar-refractivity contribution < 1.29 is 9.53 Å². The van der Waals surface area contributed by atoms with E-state index in [-0.39, 0.29) is 5.97 Å². The fourth-order valence-electron chi connectivity index (χ4n) is 1.52. The van der Waals surface area contributed by atoms with Crippen LogP contribution in [-0.4, -0.2) is 12.6 Å². The lowest BCUT2D eigenvalue weighted by Gasteiger charge is -2.09. The molecule has 0 saturated carbocycles. The van der Waals surface area contributed by atoms with Gasteiger partial charge in [0.15, 0.2) is 0 Å². The lowest BCUT2D eigenvalue weighted by Crippen LogP contribution is -2.08. The van der Waals surface area contributed by atoms with Gasteiger partial charge >= 0.3 is 5.97 Å². The molecular formula is C12H14Br2O2. The SMILES string of the molecule is CCOC(=O)Cc1cc(C)cc(CBr)c1Br. The second kappa shape index (κ2) is 6.40. The second-order valence-electron chi connectivity index (χ2n) is 3.51. The molecule has 0 aliphatic carbocycles. The van der Waals surface area contributed by atoms with Gasteiger partial charge in [-0.25, -0.2) is 0 Å². The minimum Gasteiger partial charge on any atom is -0.466 e. The van der Waals surface area contributed by atoms with Crippen molar-refractivity contribution in [1.82, 2.24) is 0 Å². The first-order valence-corrected chi connectivity index (χ1v) is 6.99. The standard InChI is InChI=1S/C12H14Br2O2/c1-3-16-11(15)6-9-4-8(2)5-10(7-13)12(9)14/h4-5H,3,6-7H2,1-2H3. The Morgan fingerprint density at radius 3 is 2.56 bits per heavy atom. The molecule has 0 spiro atoms. The number of halogens is 2. The molecule has 2 nitrogen and oxygen atoms in total. The average molecular weight is 350 g/mol. The van der Waals surface area contributed by atoms with Crippen molar-refractivity contribution in [2.24, 2.45) is 0 Å². The molecule has 0 unspecified atom stereocenters. The fourth-order valence-corrected chi connectivity index (χ4v) is 2.85. The summed E-state index contributed by atoms with van der Waals surface area (Å²) < 4.78 is 5.93. The molecule has 1 rings (SSSR count). The lowest BCUT2D eigenvalue weighted by molar-refractivity contribution is -0.142. The van der Waals surface area contributed by atoms with E-state index in [0.29, 0.717) is 13.0 Å². The number of alkyl halides is 1. The van der Waals surface area contributed by atoms with Crippen molar-refractivity contribution in [3.05, 3.63) is 33.3 Å². The van der Waals surface area contributed by atoms with Crippen LogP contribution in [0, 0.1) is 6.92 Å².